The highest BCUT2D eigenvalue weighted by atomic mass is 32.1. The van der Waals surface area contributed by atoms with Gasteiger partial charge in [-0.05, 0) is 30.5 Å². The molecule has 21 heavy (non-hydrogen) atoms. The van der Waals surface area contributed by atoms with Crippen molar-refractivity contribution in [2.75, 3.05) is 6.61 Å². The van der Waals surface area contributed by atoms with E-state index in [-0.39, 0.29) is 6.61 Å². The van der Waals surface area contributed by atoms with Gasteiger partial charge in [0.2, 0.25) is 0 Å². The van der Waals surface area contributed by atoms with Crippen LogP contribution in [-0.2, 0) is 6.54 Å². The van der Waals surface area contributed by atoms with Crippen LogP contribution in [0.2, 0.25) is 0 Å². The van der Waals surface area contributed by atoms with Gasteiger partial charge >= 0.3 is 0 Å². The summed E-state index contributed by atoms with van der Waals surface area (Å²) in [7, 11) is 0. The number of hydrogen-bond acceptors (Lipinski definition) is 4. The Morgan fingerprint density at radius 3 is 2.62 bits per heavy atom. The molecule has 2 heterocycles. The third kappa shape index (κ3) is 3.15. The average molecular weight is 316 g/mol. The second kappa shape index (κ2) is 6.39. The van der Waals surface area contributed by atoms with Crippen LogP contribution in [0.3, 0.4) is 0 Å². The Balaban J connectivity index is 2.08. The van der Waals surface area contributed by atoms with E-state index in [0.717, 1.165) is 16.2 Å². The Hall–Kier alpha value is -1.69. The zero-order valence-electron chi connectivity index (χ0n) is 11.7. The normalized spacial score (nSPS) is 12.0. The van der Waals surface area contributed by atoms with E-state index in [1.54, 1.807) is 22.7 Å². The Morgan fingerprint density at radius 2 is 1.95 bits per heavy atom. The number of thiophene rings is 1. The number of aromatic nitrogens is 1. The maximum absolute atomic E-state index is 9.33. The van der Waals surface area contributed by atoms with Crippen molar-refractivity contribution in [3.63, 3.8) is 0 Å². The number of aliphatic hydroxyl groups is 1. The maximum Gasteiger partial charge on any atom is 0.190 e. The molecule has 2 aromatic heterocycles. The molecule has 0 aliphatic rings. The fraction of sp³-hybridized carbons (Fsp3) is 0.188. The van der Waals surface area contributed by atoms with Crippen LogP contribution >= 0.6 is 22.7 Å². The topological polar surface area (TPSA) is 37.5 Å². The Labute approximate surface area is 131 Å². The highest BCUT2D eigenvalue weighted by Gasteiger charge is 2.08. The van der Waals surface area contributed by atoms with Gasteiger partial charge in [0.25, 0.3) is 0 Å². The van der Waals surface area contributed by atoms with Crippen molar-refractivity contribution in [1.82, 2.24) is 4.57 Å². The molecule has 0 amide bonds. The number of rotatable bonds is 4. The highest BCUT2D eigenvalue weighted by molar-refractivity contribution is 7.14. The molecule has 3 aromatic rings. The predicted octanol–water partition coefficient (Wildman–Crippen LogP) is 3.81. The van der Waals surface area contributed by atoms with Crippen LogP contribution in [-0.4, -0.2) is 16.3 Å². The molecular weight excluding hydrogens is 300 g/mol. The molecule has 1 aromatic carbocycles. The zero-order chi connectivity index (χ0) is 14.7. The van der Waals surface area contributed by atoms with Crippen molar-refractivity contribution in [3.05, 3.63) is 57.5 Å². The smallest absolute Gasteiger partial charge is 0.190 e. The van der Waals surface area contributed by atoms with Gasteiger partial charge in [0.1, 0.15) is 0 Å². The molecule has 108 valence electrons. The molecule has 1 N–H and O–H groups in total. The van der Waals surface area contributed by atoms with E-state index in [0.29, 0.717) is 6.54 Å². The first-order valence-electron chi connectivity index (χ1n) is 6.72. The van der Waals surface area contributed by atoms with Crippen LogP contribution in [0.25, 0.3) is 10.6 Å². The lowest BCUT2D eigenvalue weighted by molar-refractivity contribution is 0.275. The number of hydrogen-bond donors (Lipinski definition) is 1. The standard InChI is InChI=1S/C16H16N2OS2/c1-12-4-6-13(7-5-12)17-16-18(8-9-19)14(11-21-16)15-3-2-10-20-15/h2-7,10-11,19H,8-9H2,1H3. The fourth-order valence-electron chi connectivity index (χ4n) is 2.09. The third-order valence-corrected chi connectivity index (χ3v) is 4.91. The van der Waals surface area contributed by atoms with E-state index in [1.807, 2.05) is 18.2 Å². The molecule has 0 saturated carbocycles. The van der Waals surface area contributed by atoms with Gasteiger partial charge in [0, 0.05) is 11.9 Å². The fourth-order valence-corrected chi connectivity index (χ4v) is 3.86. The first-order valence-corrected chi connectivity index (χ1v) is 8.48. The number of nitrogens with zero attached hydrogens (tertiary/aromatic N) is 2. The van der Waals surface area contributed by atoms with Crippen LogP contribution in [0.5, 0.6) is 0 Å². The quantitative estimate of drug-likeness (QED) is 0.781. The average Bonchev–Trinajstić information content (AvgIpc) is 3.12. The van der Waals surface area contributed by atoms with E-state index in [2.05, 4.69) is 40.5 Å². The molecule has 0 saturated heterocycles. The minimum absolute atomic E-state index is 0.107. The lowest BCUT2D eigenvalue weighted by atomic mass is 10.2. The summed E-state index contributed by atoms with van der Waals surface area (Å²) in [6.07, 6.45) is 0. The molecule has 0 radical (unpaired) electrons. The lowest BCUT2D eigenvalue weighted by Crippen LogP contribution is -2.17. The second-order valence-electron chi connectivity index (χ2n) is 4.70. The molecule has 0 aliphatic carbocycles. The first kappa shape index (κ1) is 14.3. The van der Waals surface area contributed by atoms with E-state index in [1.165, 1.54) is 10.4 Å². The van der Waals surface area contributed by atoms with Gasteiger partial charge in [-0.3, -0.25) is 0 Å². The number of aliphatic hydroxyl groups excluding tert-OH is 1. The molecule has 0 spiro atoms. The SMILES string of the molecule is Cc1ccc(N=c2scc(-c3cccs3)n2CCO)cc1. The van der Waals surface area contributed by atoms with Crippen LogP contribution in [0.4, 0.5) is 5.69 Å². The molecule has 5 heteroatoms. The molecular formula is C16H16N2OS2. The summed E-state index contributed by atoms with van der Waals surface area (Å²) in [5.41, 5.74) is 3.28. The molecule has 0 aliphatic heterocycles. The van der Waals surface area contributed by atoms with Crippen molar-refractivity contribution in [2.24, 2.45) is 4.99 Å². The van der Waals surface area contributed by atoms with Crippen molar-refractivity contribution >= 4 is 28.4 Å². The highest BCUT2D eigenvalue weighted by Crippen LogP contribution is 2.25. The predicted molar refractivity (Wildman–Crippen MR) is 89.1 cm³/mol. The minimum atomic E-state index is 0.107. The second-order valence-corrected chi connectivity index (χ2v) is 6.49. The summed E-state index contributed by atoms with van der Waals surface area (Å²) in [5, 5.41) is 13.5. The number of benzene rings is 1. The molecule has 0 fully saturated rings. The Bertz CT molecular complexity index is 767. The van der Waals surface area contributed by atoms with Gasteiger partial charge in [0.15, 0.2) is 4.80 Å². The van der Waals surface area contributed by atoms with Crippen molar-refractivity contribution in [1.29, 1.82) is 0 Å². The molecule has 0 atom stereocenters. The number of aryl methyl sites for hydroxylation is 1. The maximum atomic E-state index is 9.33. The number of thiazole rings is 1. The summed E-state index contributed by atoms with van der Waals surface area (Å²) in [5.74, 6) is 0. The summed E-state index contributed by atoms with van der Waals surface area (Å²) in [6.45, 7) is 2.73. The van der Waals surface area contributed by atoms with Gasteiger partial charge in [-0.2, -0.15) is 0 Å². The summed E-state index contributed by atoms with van der Waals surface area (Å²) >= 11 is 3.31. The van der Waals surface area contributed by atoms with Gasteiger partial charge < -0.3 is 9.67 Å². The van der Waals surface area contributed by atoms with Crippen LogP contribution in [0.1, 0.15) is 5.56 Å². The molecule has 0 bridgehead atoms. The van der Waals surface area contributed by atoms with E-state index < -0.39 is 0 Å². The van der Waals surface area contributed by atoms with Crippen molar-refractivity contribution < 1.29 is 5.11 Å². The third-order valence-electron chi connectivity index (χ3n) is 3.15. The van der Waals surface area contributed by atoms with Crippen LogP contribution < -0.4 is 4.80 Å². The summed E-state index contributed by atoms with van der Waals surface area (Å²) < 4.78 is 2.08. The summed E-state index contributed by atoms with van der Waals surface area (Å²) in [4.78, 5) is 6.82. The van der Waals surface area contributed by atoms with E-state index in [4.69, 9.17) is 4.99 Å². The lowest BCUT2D eigenvalue weighted by Gasteiger charge is -2.05. The summed E-state index contributed by atoms with van der Waals surface area (Å²) in [6, 6.07) is 12.3. The zero-order valence-corrected chi connectivity index (χ0v) is 13.3. The Morgan fingerprint density at radius 1 is 1.14 bits per heavy atom. The van der Waals surface area contributed by atoms with Crippen LogP contribution in [0, 0.1) is 6.92 Å². The van der Waals surface area contributed by atoms with Crippen LogP contribution in [0.15, 0.2) is 52.2 Å². The minimum Gasteiger partial charge on any atom is -0.395 e. The monoisotopic (exact) mass is 316 g/mol. The largest absolute Gasteiger partial charge is 0.395 e. The van der Waals surface area contributed by atoms with Crippen molar-refractivity contribution in [2.45, 2.75) is 13.5 Å². The molecule has 0 unspecified atom stereocenters. The first-order chi connectivity index (χ1) is 10.3. The van der Waals surface area contributed by atoms with Gasteiger partial charge in [-0.1, -0.05) is 23.8 Å². The van der Waals surface area contributed by atoms with Crippen molar-refractivity contribution in [3.8, 4) is 10.6 Å². The van der Waals surface area contributed by atoms with E-state index in [9.17, 15) is 5.11 Å². The Kier molecular flexibility index (Phi) is 4.34. The molecule has 3 nitrogen and oxygen atoms in total. The van der Waals surface area contributed by atoms with Gasteiger partial charge in [0.05, 0.1) is 22.9 Å². The van der Waals surface area contributed by atoms with Gasteiger partial charge in [-0.15, -0.1) is 22.7 Å². The molecule has 3 rings (SSSR count). The van der Waals surface area contributed by atoms with Gasteiger partial charge in [-0.25, -0.2) is 4.99 Å². The van der Waals surface area contributed by atoms with E-state index >= 15 is 0 Å².